The van der Waals surface area contributed by atoms with E-state index in [1.54, 1.807) is 0 Å². The van der Waals surface area contributed by atoms with Crippen molar-refractivity contribution in [1.29, 1.82) is 0 Å². The van der Waals surface area contributed by atoms with Gasteiger partial charge in [0.15, 0.2) is 0 Å². The molecule has 0 aliphatic carbocycles. The third kappa shape index (κ3) is 5.36. The fourth-order valence-corrected chi connectivity index (χ4v) is 4.10. The summed E-state index contributed by atoms with van der Waals surface area (Å²) in [5.74, 6) is 0. The fourth-order valence-electron chi connectivity index (χ4n) is 4.10. The lowest BCUT2D eigenvalue weighted by atomic mass is 10.0. The second-order valence-electron chi connectivity index (χ2n) is 8.36. The zero-order chi connectivity index (χ0) is 19.4. The summed E-state index contributed by atoms with van der Waals surface area (Å²) >= 11 is 0. The van der Waals surface area contributed by atoms with Crippen LogP contribution >= 0.6 is 0 Å². The van der Waals surface area contributed by atoms with Crippen LogP contribution < -0.4 is 15.5 Å². The van der Waals surface area contributed by atoms with Crippen molar-refractivity contribution in [1.82, 2.24) is 15.1 Å². The standard InChI is InChI=1S/C21H35N5O/c1-16(2)26-14-9-18(15-26)23-21(27)22-17-5-7-19(8-6-17)25(4)20-10-12-24(3)13-11-20/h5-8,16,18,20H,9-15H2,1-4H3,(H2,22,23,27). The van der Waals surface area contributed by atoms with Crippen molar-refractivity contribution in [3.8, 4) is 0 Å². The number of urea groups is 1. The van der Waals surface area contributed by atoms with Gasteiger partial charge in [-0.15, -0.1) is 0 Å². The largest absolute Gasteiger partial charge is 0.372 e. The van der Waals surface area contributed by atoms with Gasteiger partial charge in [0.2, 0.25) is 0 Å². The van der Waals surface area contributed by atoms with Crippen molar-refractivity contribution in [3.63, 3.8) is 0 Å². The molecule has 2 aliphatic rings. The second-order valence-corrected chi connectivity index (χ2v) is 8.36. The van der Waals surface area contributed by atoms with Gasteiger partial charge in [0.25, 0.3) is 0 Å². The Kier molecular flexibility index (Phi) is 6.60. The van der Waals surface area contributed by atoms with Crippen LogP contribution in [-0.2, 0) is 0 Å². The summed E-state index contributed by atoms with van der Waals surface area (Å²) in [7, 11) is 4.36. The molecule has 0 saturated carbocycles. The lowest BCUT2D eigenvalue weighted by Gasteiger charge is -2.36. The molecule has 3 rings (SSSR count). The van der Waals surface area contributed by atoms with Crippen LogP contribution in [0.15, 0.2) is 24.3 Å². The highest BCUT2D eigenvalue weighted by Gasteiger charge is 2.25. The Morgan fingerprint density at radius 3 is 2.37 bits per heavy atom. The highest BCUT2D eigenvalue weighted by Crippen LogP contribution is 2.23. The molecule has 150 valence electrons. The third-order valence-corrected chi connectivity index (χ3v) is 6.05. The Hall–Kier alpha value is -1.79. The maximum absolute atomic E-state index is 12.3. The molecule has 2 fully saturated rings. The average Bonchev–Trinajstić information content (AvgIpc) is 3.11. The number of carbonyl (C=O) groups is 1. The maximum atomic E-state index is 12.3. The van der Waals surface area contributed by atoms with E-state index in [-0.39, 0.29) is 12.1 Å². The minimum Gasteiger partial charge on any atom is -0.372 e. The summed E-state index contributed by atoms with van der Waals surface area (Å²) in [6.07, 6.45) is 3.42. The molecule has 2 N–H and O–H groups in total. The van der Waals surface area contributed by atoms with E-state index in [4.69, 9.17) is 0 Å². The van der Waals surface area contributed by atoms with E-state index in [0.717, 1.165) is 38.3 Å². The van der Waals surface area contributed by atoms with Crippen molar-refractivity contribution in [3.05, 3.63) is 24.3 Å². The first-order chi connectivity index (χ1) is 12.9. The fraction of sp³-hybridized carbons (Fsp3) is 0.667. The molecule has 2 aliphatic heterocycles. The van der Waals surface area contributed by atoms with Crippen LogP contribution in [0.4, 0.5) is 16.2 Å². The second kappa shape index (κ2) is 8.93. The molecule has 0 bridgehead atoms. The highest BCUT2D eigenvalue weighted by atomic mass is 16.2. The SMILES string of the molecule is CC(C)N1CCC(NC(=O)Nc2ccc(N(C)C3CCN(C)CC3)cc2)C1. The molecule has 1 atom stereocenters. The Bertz CT molecular complexity index is 610. The zero-order valence-electron chi connectivity index (χ0n) is 17.2. The maximum Gasteiger partial charge on any atom is 0.319 e. The quantitative estimate of drug-likeness (QED) is 0.833. The Morgan fingerprint density at radius 1 is 1.11 bits per heavy atom. The molecule has 2 saturated heterocycles. The number of hydrogen-bond acceptors (Lipinski definition) is 4. The third-order valence-electron chi connectivity index (χ3n) is 6.05. The van der Waals surface area contributed by atoms with E-state index >= 15 is 0 Å². The number of nitrogens with one attached hydrogen (secondary N) is 2. The van der Waals surface area contributed by atoms with Crippen LogP contribution in [0.3, 0.4) is 0 Å². The summed E-state index contributed by atoms with van der Waals surface area (Å²) in [4.78, 5) is 19.4. The van der Waals surface area contributed by atoms with Gasteiger partial charge >= 0.3 is 6.03 Å². The van der Waals surface area contributed by atoms with Gasteiger partial charge in [-0.25, -0.2) is 4.79 Å². The number of amides is 2. The zero-order valence-corrected chi connectivity index (χ0v) is 17.2. The summed E-state index contributed by atoms with van der Waals surface area (Å²) in [5, 5.41) is 6.07. The van der Waals surface area contributed by atoms with Crippen molar-refractivity contribution >= 4 is 17.4 Å². The van der Waals surface area contributed by atoms with Crippen molar-refractivity contribution in [2.75, 3.05) is 50.5 Å². The Labute approximate surface area is 163 Å². The summed E-state index contributed by atoms with van der Waals surface area (Å²) in [5.41, 5.74) is 2.05. The van der Waals surface area contributed by atoms with Gasteiger partial charge in [-0.3, -0.25) is 4.90 Å². The van der Waals surface area contributed by atoms with E-state index in [1.165, 1.54) is 18.5 Å². The molecular weight excluding hydrogens is 338 g/mol. The first-order valence-electron chi connectivity index (χ1n) is 10.3. The highest BCUT2D eigenvalue weighted by molar-refractivity contribution is 5.89. The van der Waals surface area contributed by atoms with Crippen LogP contribution in [0.5, 0.6) is 0 Å². The Balaban J connectivity index is 1.48. The van der Waals surface area contributed by atoms with E-state index < -0.39 is 0 Å². The number of hydrogen-bond donors (Lipinski definition) is 2. The summed E-state index contributed by atoms with van der Waals surface area (Å²) in [6.45, 7) is 8.71. The van der Waals surface area contributed by atoms with Crippen molar-refractivity contribution in [2.45, 2.75) is 51.2 Å². The number of piperidine rings is 1. The molecule has 1 unspecified atom stereocenters. The number of nitrogens with zero attached hydrogens (tertiary/aromatic N) is 3. The average molecular weight is 374 g/mol. The molecular formula is C21H35N5O. The normalized spacial score (nSPS) is 22.2. The minimum absolute atomic E-state index is 0.109. The van der Waals surface area contributed by atoms with Gasteiger partial charge in [-0.1, -0.05) is 0 Å². The molecule has 27 heavy (non-hydrogen) atoms. The van der Waals surface area contributed by atoms with Crippen LogP contribution in [0.2, 0.25) is 0 Å². The van der Waals surface area contributed by atoms with Crippen molar-refractivity contribution in [2.24, 2.45) is 0 Å². The number of anilines is 2. The minimum atomic E-state index is -0.109. The van der Waals surface area contributed by atoms with E-state index in [9.17, 15) is 4.79 Å². The molecule has 2 heterocycles. The molecule has 0 radical (unpaired) electrons. The van der Waals surface area contributed by atoms with Gasteiger partial charge in [0.05, 0.1) is 0 Å². The van der Waals surface area contributed by atoms with Gasteiger partial charge in [0.1, 0.15) is 0 Å². The smallest absolute Gasteiger partial charge is 0.319 e. The van der Waals surface area contributed by atoms with Crippen molar-refractivity contribution < 1.29 is 4.79 Å². The van der Waals surface area contributed by atoms with Crippen LogP contribution in [-0.4, -0.2) is 74.2 Å². The van der Waals surface area contributed by atoms with Crippen LogP contribution in [0.1, 0.15) is 33.1 Å². The Morgan fingerprint density at radius 2 is 1.78 bits per heavy atom. The van der Waals surface area contributed by atoms with E-state index in [0.29, 0.717) is 12.1 Å². The predicted octanol–water partition coefficient (Wildman–Crippen LogP) is 2.82. The monoisotopic (exact) mass is 373 g/mol. The number of benzene rings is 1. The number of carbonyl (C=O) groups excluding carboxylic acids is 1. The van der Waals surface area contributed by atoms with Crippen LogP contribution in [0.25, 0.3) is 0 Å². The van der Waals surface area contributed by atoms with Gasteiger partial charge in [-0.05, 0) is 77.5 Å². The predicted molar refractivity (Wildman–Crippen MR) is 113 cm³/mol. The first kappa shape index (κ1) is 20.0. The molecule has 2 amide bonds. The van der Waals surface area contributed by atoms with Crippen LogP contribution in [0, 0.1) is 0 Å². The number of likely N-dealkylation sites (tertiary alicyclic amines) is 2. The lowest BCUT2D eigenvalue weighted by Crippen LogP contribution is -2.42. The van der Waals surface area contributed by atoms with Gasteiger partial charge in [0, 0.05) is 49.6 Å². The first-order valence-corrected chi connectivity index (χ1v) is 10.3. The molecule has 6 nitrogen and oxygen atoms in total. The molecule has 0 aromatic heterocycles. The summed E-state index contributed by atoms with van der Waals surface area (Å²) < 4.78 is 0. The lowest BCUT2D eigenvalue weighted by molar-refractivity contribution is 0.244. The molecule has 1 aromatic carbocycles. The molecule has 1 aromatic rings. The van der Waals surface area contributed by atoms with E-state index in [2.05, 4.69) is 65.4 Å². The molecule has 0 spiro atoms. The number of rotatable bonds is 5. The van der Waals surface area contributed by atoms with Gasteiger partial charge < -0.3 is 20.4 Å². The molecule has 6 heteroatoms. The summed E-state index contributed by atoms with van der Waals surface area (Å²) in [6, 6.07) is 9.45. The topological polar surface area (TPSA) is 50.9 Å². The van der Waals surface area contributed by atoms with Gasteiger partial charge in [-0.2, -0.15) is 0 Å². The van der Waals surface area contributed by atoms with E-state index in [1.807, 2.05) is 12.1 Å².